The molecule has 10 aromatic rings. The topological polar surface area (TPSA) is 51.6 Å². The Labute approximate surface area is 281 Å². The van der Waals surface area contributed by atoms with Gasteiger partial charge in [0.15, 0.2) is 17.5 Å². The predicted molar refractivity (Wildman–Crippen MR) is 201 cm³/mol. The van der Waals surface area contributed by atoms with Gasteiger partial charge in [-0.15, -0.1) is 34.0 Å². The van der Waals surface area contributed by atoms with Crippen LogP contribution in [0.1, 0.15) is 0 Å². The third kappa shape index (κ3) is 4.39. The lowest BCUT2D eigenvalue weighted by Gasteiger charge is -2.10. The summed E-state index contributed by atoms with van der Waals surface area (Å²) >= 11 is 5.35. The van der Waals surface area contributed by atoms with Gasteiger partial charge in [0.1, 0.15) is 5.01 Å². The molecule has 0 unspecified atom stereocenters. The molecule has 47 heavy (non-hydrogen) atoms. The highest BCUT2D eigenvalue weighted by Crippen LogP contribution is 2.45. The maximum absolute atomic E-state index is 5.18. The van der Waals surface area contributed by atoms with Crippen LogP contribution in [0.5, 0.6) is 0 Å². The summed E-state index contributed by atoms with van der Waals surface area (Å²) in [5.41, 5.74) is 5.13. The van der Waals surface area contributed by atoms with Gasteiger partial charge < -0.3 is 0 Å². The Morgan fingerprint density at radius 3 is 1.96 bits per heavy atom. The standard InChI is InChI=1S/C40H22N4S3/c1-2-10-23(11-3-1)37-42-38(24-20-21-26-25-12-4-6-17-31(25)45-34(26)22-24)44-39(43-37)28-14-9-19-33-35(28)27-13-8-15-29(36(27)46-33)40-41-30-16-5-7-18-32(30)47-40/h1-22H. The number of thiazole rings is 1. The van der Waals surface area contributed by atoms with Crippen LogP contribution in [0.25, 0.3) is 95.3 Å². The van der Waals surface area contributed by atoms with Crippen molar-refractivity contribution in [2.75, 3.05) is 0 Å². The average Bonchev–Trinajstić information content (AvgIpc) is 3.84. The van der Waals surface area contributed by atoms with Crippen molar-refractivity contribution < 1.29 is 0 Å². The lowest BCUT2D eigenvalue weighted by atomic mass is 10.0. The van der Waals surface area contributed by atoms with Crippen molar-refractivity contribution in [3.63, 3.8) is 0 Å². The van der Waals surface area contributed by atoms with Crippen LogP contribution in [0.2, 0.25) is 0 Å². The second kappa shape index (κ2) is 10.6. The first-order valence-electron chi connectivity index (χ1n) is 15.3. The zero-order valence-corrected chi connectivity index (χ0v) is 27.2. The fourth-order valence-corrected chi connectivity index (χ4v) is 9.85. The number of rotatable bonds is 4. The van der Waals surface area contributed by atoms with E-state index in [1.165, 1.54) is 39.7 Å². The van der Waals surface area contributed by atoms with Gasteiger partial charge in [-0.3, -0.25) is 0 Å². The molecule has 0 aliphatic rings. The number of nitrogens with zero attached hydrogens (tertiary/aromatic N) is 4. The maximum atomic E-state index is 5.18. The van der Waals surface area contributed by atoms with Crippen LogP contribution in [0.15, 0.2) is 133 Å². The molecule has 0 saturated carbocycles. The van der Waals surface area contributed by atoms with Crippen molar-refractivity contribution in [3.05, 3.63) is 133 Å². The van der Waals surface area contributed by atoms with Crippen LogP contribution >= 0.6 is 34.0 Å². The normalized spacial score (nSPS) is 11.8. The summed E-state index contributed by atoms with van der Waals surface area (Å²) in [4.78, 5) is 20.3. The summed E-state index contributed by atoms with van der Waals surface area (Å²) in [6.07, 6.45) is 0. The Balaban J connectivity index is 1.19. The van der Waals surface area contributed by atoms with Crippen LogP contribution in [0.3, 0.4) is 0 Å². The highest BCUT2D eigenvalue weighted by Gasteiger charge is 2.19. The molecule has 0 aliphatic heterocycles. The van der Waals surface area contributed by atoms with Crippen molar-refractivity contribution in [3.8, 4) is 44.7 Å². The molecule has 0 fully saturated rings. The molecule has 7 heteroatoms. The molecule has 4 nitrogen and oxygen atoms in total. The van der Waals surface area contributed by atoms with Crippen LogP contribution in [-0.2, 0) is 0 Å². The molecule has 0 N–H and O–H groups in total. The summed E-state index contributed by atoms with van der Waals surface area (Å²) in [6.45, 7) is 0. The zero-order valence-electron chi connectivity index (χ0n) is 24.7. The molecular formula is C40H22N4S3. The van der Waals surface area contributed by atoms with E-state index in [1.807, 2.05) is 24.3 Å². The SMILES string of the molecule is c1ccc(-c2nc(-c3ccc4c(c3)sc3ccccc34)nc(-c3cccc4sc5c(-c6nc7ccccc7s6)cccc5c34)n2)cc1. The smallest absolute Gasteiger partial charge is 0.164 e. The third-order valence-corrected chi connectivity index (χ3v) is 12.0. The molecule has 6 aromatic carbocycles. The highest BCUT2D eigenvalue weighted by atomic mass is 32.1. The lowest BCUT2D eigenvalue weighted by molar-refractivity contribution is 1.08. The first-order chi connectivity index (χ1) is 23.3. The molecule has 0 amide bonds. The van der Waals surface area contributed by atoms with E-state index in [9.17, 15) is 0 Å². The van der Waals surface area contributed by atoms with E-state index in [2.05, 4.69) is 109 Å². The van der Waals surface area contributed by atoms with Gasteiger partial charge in [-0.2, -0.15) is 0 Å². The van der Waals surface area contributed by atoms with Crippen LogP contribution in [-0.4, -0.2) is 19.9 Å². The van der Waals surface area contributed by atoms with Gasteiger partial charge in [0.2, 0.25) is 0 Å². The number of benzene rings is 6. The van der Waals surface area contributed by atoms with Gasteiger partial charge >= 0.3 is 0 Å². The number of aromatic nitrogens is 4. The Kier molecular flexibility index (Phi) is 6.05. The van der Waals surface area contributed by atoms with Gasteiger partial charge in [-0.25, -0.2) is 19.9 Å². The average molecular weight is 655 g/mol. The summed E-state index contributed by atoms with van der Waals surface area (Å²) in [7, 11) is 0. The van der Waals surface area contributed by atoms with Gasteiger partial charge in [-0.05, 0) is 30.3 Å². The summed E-state index contributed by atoms with van der Waals surface area (Å²) < 4.78 is 6.12. The number of hydrogen-bond donors (Lipinski definition) is 0. The van der Waals surface area contributed by atoms with Gasteiger partial charge in [-0.1, -0.05) is 103 Å². The Bertz CT molecular complexity index is 2780. The maximum Gasteiger partial charge on any atom is 0.164 e. The number of thiophene rings is 2. The largest absolute Gasteiger partial charge is 0.236 e. The molecule has 0 saturated heterocycles. The van der Waals surface area contributed by atoms with E-state index < -0.39 is 0 Å². The Morgan fingerprint density at radius 1 is 0.383 bits per heavy atom. The van der Waals surface area contributed by atoms with E-state index in [1.54, 1.807) is 34.0 Å². The van der Waals surface area contributed by atoms with Crippen molar-refractivity contribution in [1.82, 2.24) is 19.9 Å². The van der Waals surface area contributed by atoms with E-state index in [-0.39, 0.29) is 0 Å². The fraction of sp³-hybridized carbons (Fsp3) is 0. The molecule has 0 aliphatic carbocycles. The van der Waals surface area contributed by atoms with E-state index in [0.29, 0.717) is 17.5 Å². The number of fused-ring (bicyclic) bond motifs is 7. The van der Waals surface area contributed by atoms with Crippen LogP contribution in [0, 0.1) is 0 Å². The predicted octanol–water partition coefficient (Wildman–Crippen LogP) is 11.9. The first-order valence-corrected chi connectivity index (χ1v) is 17.8. The van der Waals surface area contributed by atoms with Crippen molar-refractivity contribution in [1.29, 1.82) is 0 Å². The van der Waals surface area contributed by atoms with Crippen LogP contribution in [0.4, 0.5) is 0 Å². The molecule has 0 atom stereocenters. The monoisotopic (exact) mass is 654 g/mol. The minimum Gasteiger partial charge on any atom is -0.236 e. The van der Waals surface area contributed by atoms with Gasteiger partial charge in [0, 0.05) is 62.6 Å². The van der Waals surface area contributed by atoms with E-state index >= 15 is 0 Å². The van der Waals surface area contributed by atoms with Crippen molar-refractivity contribution in [2.45, 2.75) is 0 Å². The van der Waals surface area contributed by atoms with Gasteiger partial charge in [0.05, 0.1) is 10.2 Å². The molecular weight excluding hydrogens is 633 g/mol. The molecule has 4 aromatic heterocycles. The zero-order chi connectivity index (χ0) is 30.9. The Morgan fingerprint density at radius 2 is 1.06 bits per heavy atom. The van der Waals surface area contributed by atoms with E-state index in [0.717, 1.165) is 38.2 Å². The molecule has 0 spiro atoms. The molecule has 220 valence electrons. The fourth-order valence-electron chi connectivity index (χ4n) is 6.40. The summed E-state index contributed by atoms with van der Waals surface area (Å²) in [5, 5.41) is 5.92. The number of hydrogen-bond acceptors (Lipinski definition) is 7. The second-order valence-corrected chi connectivity index (χ2v) is 14.6. The minimum absolute atomic E-state index is 0.661. The first kappa shape index (κ1) is 26.8. The molecule has 0 radical (unpaired) electrons. The van der Waals surface area contributed by atoms with Crippen molar-refractivity contribution in [2.24, 2.45) is 0 Å². The highest BCUT2D eigenvalue weighted by molar-refractivity contribution is 7.27. The van der Waals surface area contributed by atoms with Gasteiger partial charge in [0.25, 0.3) is 0 Å². The van der Waals surface area contributed by atoms with Crippen molar-refractivity contribution >= 4 is 84.6 Å². The van der Waals surface area contributed by atoms with E-state index in [4.69, 9.17) is 19.9 Å². The Hall–Kier alpha value is -5.34. The van der Waals surface area contributed by atoms with Crippen LogP contribution < -0.4 is 0 Å². The molecule has 0 bridgehead atoms. The minimum atomic E-state index is 0.661. The quantitative estimate of drug-likeness (QED) is 0.189. The third-order valence-electron chi connectivity index (χ3n) is 8.59. The molecule has 10 rings (SSSR count). The summed E-state index contributed by atoms with van der Waals surface area (Å²) in [5.74, 6) is 2.00. The second-order valence-electron chi connectivity index (χ2n) is 11.4. The molecule has 4 heterocycles. The summed E-state index contributed by atoms with van der Waals surface area (Å²) in [6, 6.07) is 46.6. The lowest BCUT2D eigenvalue weighted by Crippen LogP contribution is -2.00. The number of para-hydroxylation sites is 1.